The number of nitrogens with one attached hydrogen (secondary N) is 1. The van der Waals surface area contributed by atoms with Crippen LogP contribution in [0.5, 0.6) is 11.5 Å². The van der Waals surface area contributed by atoms with Gasteiger partial charge in [0.05, 0.1) is 17.3 Å². The predicted octanol–water partition coefficient (Wildman–Crippen LogP) is 5.74. The normalized spacial score (nSPS) is 10.6. The van der Waals surface area contributed by atoms with Crippen molar-refractivity contribution in [1.29, 1.82) is 0 Å². The summed E-state index contributed by atoms with van der Waals surface area (Å²) < 4.78 is 26.5. The molecule has 0 aliphatic rings. The molecule has 0 spiro atoms. The maximum absolute atomic E-state index is 13.1. The van der Waals surface area contributed by atoms with Gasteiger partial charge in [-0.3, -0.25) is 0 Å². The third kappa shape index (κ3) is 7.57. The van der Waals surface area contributed by atoms with Gasteiger partial charge in [-0.15, -0.1) is 17.5 Å². The van der Waals surface area contributed by atoms with E-state index in [0.29, 0.717) is 29.7 Å². The zero-order valence-corrected chi connectivity index (χ0v) is 22.0. The number of ether oxygens (including phenoxy) is 2. The summed E-state index contributed by atoms with van der Waals surface area (Å²) in [4.78, 5) is 0. The minimum absolute atomic E-state index is 0. The van der Waals surface area contributed by atoms with Gasteiger partial charge in [0.2, 0.25) is 5.16 Å². The summed E-state index contributed by atoms with van der Waals surface area (Å²) in [5.74, 6) is 1.56. The van der Waals surface area contributed by atoms with E-state index in [9.17, 15) is 4.39 Å². The molecule has 3 aromatic carbocycles. The fraction of sp³-hybridized carbons (Fsp3) is 0.240. The Kier molecular flexibility index (Phi) is 10.8. The third-order valence-corrected chi connectivity index (χ3v) is 6.15. The van der Waals surface area contributed by atoms with Crippen LogP contribution in [-0.4, -0.2) is 39.1 Å². The molecule has 0 amide bonds. The zero-order valence-electron chi connectivity index (χ0n) is 19.6. The zero-order chi connectivity index (χ0) is 24.5. The number of aromatic nitrogens is 4. The molecular weight excluding hydrogens is 524 g/mol. The van der Waals surface area contributed by atoms with Crippen LogP contribution in [0.25, 0.3) is 5.69 Å². The molecule has 11 heteroatoms. The van der Waals surface area contributed by atoms with Gasteiger partial charge in [0.15, 0.2) is 11.5 Å². The molecule has 36 heavy (non-hydrogen) atoms. The van der Waals surface area contributed by atoms with Crippen molar-refractivity contribution in [3.63, 3.8) is 0 Å². The number of halogens is 3. The van der Waals surface area contributed by atoms with E-state index in [4.69, 9.17) is 21.1 Å². The monoisotopic (exact) mass is 549 g/mol. The van der Waals surface area contributed by atoms with E-state index in [1.807, 2.05) is 49.4 Å². The number of para-hydroxylation sites is 1. The second-order valence-corrected chi connectivity index (χ2v) is 8.96. The first kappa shape index (κ1) is 27.7. The fourth-order valence-corrected chi connectivity index (χ4v) is 4.39. The molecule has 4 aromatic rings. The number of nitrogens with zero attached hydrogens (tertiary/aromatic N) is 4. The first-order valence-corrected chi connectivity index (χ1v) is 12.5. The van der Waals surface area contributed by atoms with Crippen LogP contribution in [0.2, 0.25) is 5.02 Å². The highest BCUT2D eigenvalue weighted by atomic mass is 35.5. The van der Waals surface area contributed by atoms with Crippen LogP contribution in [0.15, 0.2) is 71.9 Å². The number of benzene rings is 3. The van der Waals surface area contributed by atoms with E-state index in [1.165, 1.54) is 12.1 Å². The number of thioether (sulfide) groups is 1. The molecule has 1 aromatic heterocycles. The van der Waals surface area contributed by atoms with Crippen LogP contribution in [-0.2, 0) is 13.2 Å². The Hall–Kier alpha value is -2.85. The lowest BCUT2D eigenvalue weighted by Gasteiger charge is -2.16. The Bertz CT molecular complexity index is 1230. The molecule has 0 aliphatic carbocycles. The van der Waals surface area contributed by atoms with Crippen molar-refractivity contribution < 1.29 is 13.9 Å². The maximum Gasteiger partial charge on any atom is 0.214 e. The summed E-state index contributed by atoms with van der Waals surface area (Å²) in [6.07, 6.45) is 0. The van der Waals surface area contributed by atoms with E-state index in [-0.39, 0.29) is 24.8 Å². The standard InChI is InChI=1S/C25H25ClFN5O2S.ClH/c1-2-33-23-15-19(14-22(26)24(23)34-17-18-8-10-20(27)11-9-18)16-28-12-13-35-25-29-30-31-32(25)21-6-4-3-5-7-21;/h3-11,14-15,28H,2,12-13,16-17H2,1H3;1H. The van der Waals surface area contributed by atoms with Crippen LogP contribution in [0, 0.1) is 5.82 Å². The molecule has 0 fully saturated rings. The highest BCUT2D eigenvalue weighted by molar-refractivity contribution is 7.99. The van der Waals surface area contributed by atoms with Crippen molar-refractivity contribution in [2.24, 2.45) is 0 Å². The molecule has 0 saturated heterocycles. The molecule has 0 aliphatic heterocycles. The van der Waals surface area contributed by atoms with Crippen LogP contribution in [0.4, 0.5) is 4.39 Å². The van der Waals surface area contributed by atoms with E-state index in [2.05, 4.69) is 20.8 Å². The number of hydrogen-bond donors (Lipinski definition) is 1. The Labute approximate surface area is 224 Å². The van der Waals surface area contributed by atoms with Crippen molar-refractivity contribution in [2.45, 2.75) is 25.2 Å². The molecule has 0 atom stereocenters. The molecular formula is C25H26Cl2FN5O2S. The lowest BCUT2D eigenvalue weighted by Crippen LogP contribution is -2.17. The van der Waals surface area contributed by atoms with Crippen molar-refractivity contribution >= 4 is 35.8 Å². The van der Waals surface area contributed by atoms with Gasteiger partial charge in [-0.25, -0.2) is 4.39 Å². The highest BCUT2D eigenvalue weighted by Crippen LogP contribution is 2.37. The van der Waals surface area contributed by atoms with Gasteiger partial charge in [-0.1, -0.05) is 53.7 Å². The van der Waals surface area contributed by atoms with Crippen molar-refractivity contribution in [1.82, 2.24) is 25.5 Å². The molecule has 190 valence electrons. The number of tetrazole rings is 1. The summed E-state index contributed by atoms with van der Waals surface area (Å²) in [5.41, 5.74) is 2.74. The topological polar surface area (TPSA) is 74.1 Å². The molecule has 7 nitrogen and oxygen atoms in total. The van der Waals surface area contributed by atoms with E-state index >= 15 is 0 Å². The largest absolute Gasteiger partial charge is 0.490 e. The fourth-order valence-electron chi connectivity index (χ4n) is 3.31. The van der Waals surface area contributed by atoms with Crippen LogP contribution in [0.3, 0.4) is 0 Å². The minimum atomic E-state index is -0.285. The predicted molar refractivity (Wildman–Crippen MR) is 142 cm³/mol. The third-order valence-electron chi connectivity index (χ3n) is 4.95. The van der Waals surface area contributed by atoms with Gasteiger partial charge in [0.1, 0.15) is 12.4 Å². The van der Waals surface area contributed by atoms with Gasteiger partial charge in [-0.05, 0) is 64.9 Å². The van der Waals surface area contributed by atoms with Crippen LogP contribution >= 0.6 is 35.8 Å². The second kappa shape index (κ2) is 14.0. The second-order valence-electron chi connectivity index (χ2n) is 7.49. The quantitative estimate of drug-likeness (QED) is 0.178. The maximum atomic E-state index is 13.1. The lowest BCUT2D eigenvalue weighted by molar-refractivity contribution is 0.269. The Morgan fingerprint density at radius 3 is 2.56 bits per heavy atom. The molecule has 0 bridgehead atoms. The summed E-state index contributed by atoms with van der Waals surface area (Å²) in [5, 5.41) is 16.6. The van der Waals surface area contributed by atoms with Crippen LogP contribution < -0.4 is 14.8 Å². The molecule has 4 rings (SSSR count). The van der Waals surface area contributed by atoms with E-state index in [0.717, 1.165) is 34.3 Å². The average molecular weight is 550 g/mol. The van der Waals surface area contributed by atoms with Gasteiger partial charge < -0.3 is 14.8 Å². The summed E-state index contributed by atoms with van der Waals surface area (Å²) in [6.45, 7) is 4.01. The molecule has 0 radical (unpaired) electrons. The Morgan fingerprint density at radius 2 is 1.81 bits per heavy atom. The summed E-state index contributed by atoms with van der Waals surface area (Å²) >= 11 is 8.10. The smallest absolute Gasteiger partial charge is 0.214 e. The summed E-state index contributed by atoms with van der Waals surface area (Å²) in [6, 6.07) is 19.7. The Morgan fingerprint density at radius 1 is 1.03 bits per heavy atom. The van der Waals surface area contributed by atoms with E-state index in [1.54, 1.807) is 28.6 Å². The first-order chi connectivity index (χ1) is 17.1. The van der Waals surface area contributed by atoms with E-state index < -0.39 is 0 Å². The number of hydrogen-bond acceptors (Lipinski definition) is 7. The van der Waals surface area contributed by atoms with Crippen molar-refractivity contribution in [2.75, 3.05) is 18.9 Å². The van der Waals surface area contributed by atoms with Gasteiger partial charge in [0.25, 0.3) is 0 Å². The van der Waals surface area contributed by atoms with Gasteiger partial charge >= 0.3 is 0 Å². The Balaban J connectivity index is 0.00000361. The molecule has 0 unspecified atom stereocenters. The summed E-state index contributed by atoms with van der Waals surface area (Å²) in [7, 11) is 0. The molecule has 1 N–H and O–H groups in total. The lowest BCUT2D eigenvalue weighted by atomic mass is 10.2. The molecule has 0 saturated carbocycles. The number of rotatable bonds is 12. The van der Waals surface area contributed by atoms with Crippen LogP contribution in [0.1, 0.15) is 18.1 Å². The van der Waals surface area contributed by atoms with Gasteiger partial charge in [0, 0.05) is 18.8 Å². The average Bonchev–Trinajstić information content (AvgIpc) is 3.34. The molecule has 1 heterocycles. The minimum Gasteiger partial charge on any atom is -0.490 e. The van der Waals surface area contributed by atoms with Crippen molar-refractivity contribution in [3.8, 4) is 17.2 Å². The first-order valence-electron chi connectivity index (χ1n) is 11.1. The highest BCUT2D eigenvalue weighted by Gasteiger charge is 2.13. The SMILES string of the molecule is CCOc1cc(CNCCSc2nnnn2-c2ccccc2)cc(Cl)c1OCc1ccc(F)cc1.Cl. The van der Waals surface area contributed by atoms with Gasteiger partial charge in [-0.2, -0.15) is 4.68 Å². The van der Waals surface area contributed by atoms with Crippen molar-refractivity contribution in [3.05, 3.63) is 88.7 Å².